The number of likely N-dealkylation sites (tertiary alicyclic amines) is 1. The number of nitrogens with zero attached hydrogens (tertiary/aromatic N) is 2. The molecule has 2 aromatic carbocycles. The summed E-state index contributed by atoms with van der Waals surface area (Å²) in [5, 5.41) is 0. The van der Waals surface area contributed by atoms with Crippen molar-refractivity contribution >= 4 is 11.8 Å². The highest BCUT2D eigenvalue weighted by atomic mass is 19.1. The van der Waals surface area contributed by atoms with Crippen LogP contribution in [0.1, 0.15) is 47.6 Å². The summed E-state index contributed by atoms with van der Waals surface area (Å²) in [5.41, 5.74) is -0.0167. The van der Waals surface area contributed by atoms with E-state index in [1.165, 1.54) is 12.1 Å². The monoisotopic (exact) mass is 412 g/mol. The van der Waals surface area contributed by atoms with Gasteiger partial charge in [0.15, 0.2) is 5.60 Å². The second-order valence-corrected chi connectivity index (χ2v) is 8.20. The van der Waals surface area contributed by atoms with Crippen molar-refractivity contribution in [1.29, 1.82) is 0 Å². The van der Waals surface area contributed by atoms with Crippen molar-refractivity contribution < 1.29 is 23.1 Å². The molecule has 0 aromatic heterocycles. The fraction of sp³-hybridized carbons (Fsp3) is 0.391. The SMILES string of the molecule is O=C(c1ccccc1)N1CCC2(CC1)O[C@@H]1CC[C@@H](c3ccc(F)cc3F)N1C2=O. The Morgan fingerprint density at radius 2 is 1.77 bits per heavy atom. The van der Waals surface area contributed by atoms with E-state index in [1.54, 1.807) is 21.9 Å². The van der Waals surface area contributed by atoms with Gasteiger partial charge in [-0.2, -0.15) is 0 Å². The van der Waals surface area contributed by atoms with Gasteiger partial charge in [-0.1, -0.05) is 24.3 Å². The number of piperidine rings is 1. The van der Waals surface area contributed by atoms with Crippen LogP contribution in [0.4, 0.5) is 8.78 Å². The zero-order valence-electron chi connectivity index (χ0n) is 16.4. The van der Waals surface area contributed by atoms with E-state index in [-0.39, 0.29) is 11.8 Å². The molecule has 3 saturated heterocycles. The van der Waals surface area contributed by atoms with Crippen molar-refractivity contribution in [2.45, 2.75) is 43.6 Å². The lowest BCUT2D eigenvalue weighted by molar-refractivity contribution is -0.142. The van der Waals surface area contributed by atoms with Gasteiger partial charge in [-0.15, -0.1) is 0 Å². The number of halogens is 2. The predicted octanol–water partition coefficient (Wildman–Crippen LogP) is 3.66. The van der Waals surface area contributed by atoms with E-state index < -0.39 is 29.5 Å². The van der Waals surface area contributed by atoms with Crippen LogP contribution in [0, 0.1) is 11.6 Å². The van der Waals surface area contributed by atoms with E-state index in [0.29, 0.717) is 49.9 Å². The topological polar surface area (TPSA) is 49.9 Å². The summed E-state index contributed by atoms with van der Waals surface area (Å²) >= 11 is 0. The van der Waals surface area contributed by atoms with Crippen LogP contribution in [-0.4, -0.2) is 46.5 Å². The first kappa shape index (κ1) is 19.2. The molecule has 3 heterocycles. The number of fused-ring (bicyclic) bond motifs is 1. The van der Waals surface area contributed by atoms with Crippen molar-refractivity contribution in [2.24, 2.45) is 0 Å². The van der Waals surface area contributed by atoms with Gasteiger partial charge in [-0.25, -0.2) is 8.78 Å². The Morgan fingerprint density at radius 3 is 2.47 bits per heavy atom. The van der Waals surface area contributed by atoms with Crippen LogP contribution in [-0.2, 0) is 9.53 Å². The molecule has 3 fully saturated rings. The minimum absolute atomic E-state index is 0.0531. The zero-order valence-corrected chi connectivity index (χ0v) is 16.4. The molecule has 0 unspecified atom stereocenters. The number of benzene rings is 2. The number of amides is 2. The molecule has 7 heteroatoms. The molecule has 2 aromatic rings. The fourth-order valence-electron chi connectivity index (χ4n) is 4.96. The molecular formula is C23H22F2N2O3. The molecular weight excluding hydrogens is 390 g/mol. The van der Waals surface area contributed by atoms with E-state index in [2.05, 4.69) is 0 Å². The molecule has 0 saturated carbocycles. The van der Waals surface area contributed by atoms with Crippen molar-refractivity contribution in [3.63, 3.8) is 0 Å². The van der Waals surface area contributed by atoms with Gasteiger partial charge in [0.05, 0.1) is 6.04 Å². The molecule has 30 heavy (non-hydrogen) atoms. The molecule has 0 aliphatic carbocycles. The quantitative estimate of drug-likeness (QED) is 0.757. The van der Waals surface area contributed by atoms with Crippen molar-refractivity contribution in [3.8, 4) is 0 Å². The highest BCUT2D eigenvalue weighted by molar-refractivity contribution is 5.95. The van der Waals surface area contributed by atoms with Gasteiger partial charge in [0.2, 0.25) is 0 Å². The standard InChI is InChI=1S/C23H22F2N2O3/c24-16-6-7-17(18(25)14-16)19-8-9-20-27(19)22(29)23(30-20)10-12-26(13-11-23)21(28)15-4-2-1-3-5-15/h1-7,14,19-20H,8-13H2/t19-,20+/m0/s1. The molecule has 156 valence electrons. The van der Waals surface area contributed by atoms with Gasteiger partial charge in [0.25, 0.3) is 11.8 Å². The Bertz CT molecular complexity index is 989. The molecule has 5 rings (SSSR count). The molecule has 1 spiro atoms. The Morgan fingerprint density at radius 1 is 1.03 bits per heavy atom. The number of carbonyl (C=O) groups excluding carboxylic acids is 2. The molecule has 2 amide bonds. The maximum atomic E-state index is 14.4. The molecule has 3 aliphatic heterocycles. The number of ether oxygens (including phenoxy) is 1. The van der Waals surface area contributed by atoms with E-state index in [4.69, 9.17) is 4.74 Å². The van der Waals surface area contributed by atoms with Crippen molar-refractivity contribution in [1.82, 2.24) is 9.80 Å². The number of carbonyl (C=O) groups is 2. The molecule has 3 aliphatic rings. The maximum Gasteiger partial charge on any atom is 0.257 e. The highest BCUT2D eigenvalue weighted by Gasteiger charge is 2.58. The third-order valence-electron chi connectivity index (χ3n) is 6.52. The largest absolute Gasteiger partial charge is 0.342 e. The molecule has 2 atom stereocenters. The molecule has 5 nitrogen and oxygen atoms in total. The molecule has 0 N–H and O–H groups in total. The first-order valence-corrected chi connectivity index (χ1v) is 10.3. The second-order valence-electron chi connectivity index (χ2n) is 8.20. The number of hydrogen-bond acceptors (Lipinski definition) is 3. The first-order chi connectivity index (χ1) is 14.5. The van der Waals surface area contributed by atoms with Gasteiger partial charge in [0.1, 0.15) is 17.9 Å². The second kappa shape index (κ2) is 7.16. The van der Waals surface area contributed by atoms with Gasteiger partial charge in [0, 0.05) is 43.1 Å². The Kier molecular flexibility index (Phi) is 4.58. The predicted molar refractivity (Wildman–Crippen MR) is 104 cm³/mol. The summed E-state index contributed by atoms with van der Waals surface area (Å²) in [4.78, 5) is 29.5. The average molecular weight is 412 g/mol. The minimum Gasteiger partial charge on any atom is -0.342 e. The third-order valence-corrected chi connectivity index (χ3v) is 6.52. The maximum absolute atomic E-state index is 14.4. The van der Waals surface area contributed by atoms with Crippen LogP contribution in [0.5, 0.6) is 0 Å². The van der Waals surface area contributed by atoms with Crippen molar-refractivity contribution in [3.05, 3.63) is 71.3 Å². The van der Waals surface area contributed by atoms with Gasteiger partial charge < -0.3 is 14.5 Å². The minimum atomic E-state index is -0.965. The van der Waals surface area contributed by atoms with Gasteiger partial charge in [-0.3, -0.25) is 9.59 Å². The zero-order chi connectivity index (χ0) is 20.9. The van der Waals surface area contributed by atoms with E-state index in [1.807, 2.05) is 18.2 Å². The first-order valence-electron chi connectivity index (χ1n) is 10.3. The van der Waals surface area contributed by atoms with E-state index in [9.17, 15) is 18.4 Å². The summed E-state index contributed by atoms with van der Waals surface area (Å²) in [7, 11) is 0. The van der Waals surface area contributed by atoms with Crippen LogP contribution >= 0.6 is 0 Å². The Hall–Kier alpha value is -2.80. The lowest BCUT2D eigenvalue weighted by Gasteiger charge is -2.37. The summed E-state index contributed by atoms with van der Waals surface area (Å²) < 4.78 is 33.9. The summed E-state index contributed by atoms with van der Waals surface area (Å²) in [6, 6.07) is 12.1. The smallest absolute Gasteiger partial charge is 0.257 e. The molecule has 0 bridgehead atoms. The summed E-state index contributed by atoms with van der Waals surface area (Å²) in [5.74, 6) is -1.48. The van der Waals surface area contributed by atoms with Crippen LogP contribution in [0.2, 0.25) is 0 Å². The van der Waals surface area contributed by atoms with Crippen LogP contribution in [0.25, 0.3) is 0 Å². The lowest BCUT2D eigenvalue weighted by Crippen LogP contribution is -2.51. The summed E-state index contributed by atoms with van der Waals surface area (Å²) in [6.45, 7) is 0.852. The van der Waals surface area contributed by atoms with E-state index >= 15 is 0 Å². The van der Waals surface area contributed by atoms with Crippen LogP contribution in [0.15, 0.2) is 48.5 Å². The number of rotatable bonds is 2. The lowest BCUT2D eigenvalue weighted by atomic mass is 9.89. The number of hydrogen-bond donors (Lipinski definition) is 0. The van der Waals surface area contributed by atoms with E-state index in [0.717, 1.165) is 6.07 Å². The summed E-state index contributed by atoms with van der Waals surface area (Å²) in [6.07, 6.45) is 1.62. The van der Waals surface area contributed by atoms with Gasteiger partial charge in [-0.05, 0) is 31.0 Å². The Balaban J connectivity index is 1.32. The highest BCUT2D eigenvalue weighted by Crippen LogP contribution is 2.48. The van der Waals surface area contributed by atoms with Crippen LogP contribution in [0.3, 0.4) is 0 Å². The fourth-order valence-corrected chi connectivity index (χ4v) is 4.96. The average Bonchev–Trinajstić information content (AvgIpc) is 3.27. The molecule has 0 radical (unpaired) electrons. The van der Waals surface area contributed by atoms with Crippen molar-refractivity contribution in [2.75, 3.05) is 13.1 Å². The van der Waals surface area contributed by atoms with Gasteiger partial charge >= 0.3 is 0 Å². The Labute approximate surface area is 173 Å². The van der Waals surface area contributed by atoms with Crippen LogP contribution < -0.4 is 0 Å². The normalized spacial score (nSPS) is 25.1. The third kappa shape index (κ3) is 2.99.